The minimum absolute atomic E-state index is 0.0342. The summed E-state index contributed by atoms with van der Waals surface area (Å²) in [4.78, 5) is 34.8. The van der Waals surface area contributed by atoms with Crippen molar-refractivity contribution in [1.29, 1.82) is 0 Å². The van der Waals surface area contributed by atoms with E-state index in [0.717, 1.165) is 17.7 Å². The summed E-state index contributed by atoms with van der Waals surface area (Å²) < 4.78 is 5.57. The van der Waals surface area contributed by atoms with Crippen molar-refractivity contribution in [3.63, 3.8) is 0 Å². The molecule has 4 atom stereocenters. The lowest BCUT2D eigenvalue weighted by Gasteiger charge is -2.27. The summed E-state index contributed by atoms with van der Waals surface area (Å²) >= 11 is 6.39. The third-order valence-electron chi connectivity index (χ3n) is 6.81. The zero-order valence-electron chi connectivity index (χ0n) is 18.8. The number of carbonyl (C=O) groups is 2. The van der Waals surface area contributed by atoms with Crippen molar-refractivity contribution in [3.05, 3.63) is 41.1 Å². The van der Waals surface area contributed by atoms with E-state index in [2.05, 4.69) is 38.1 Å². The number of benzene rings is 1. The zero-order chi connectivity index (χ0) is 24.0. The average molecular weight is 484 g/mol. The van der Waals surface area contributed by atoms with E-state index in [-0.39, 0.29) is 42.2 Å². The summed E-state index contributed by atoms with van der Waals surface area (Å²) in [7, 11) is 3.32. The van der Waals surface area contributed by atoms with E-state index in [0.29, 0.717) is 34.8 Å². The number of hydrogen-bond acceptors (Lipinski definition) is 8. The van der Waals surface area contributed by atoms with Crippen LogP contribution in [-0.2, 0) is 16.1 Å². The molecule has 1 saturated carbocycles. The second-order valence-corrected chi connectivity index (χ2v) is 9.21. The number of hydrogen-bond donors (Lipinski definition) is 4. The van der Waals surface area contributed by atoms with Gasteiger partial charge in [-0.1, -0.05) is 23.8 Å². The Bertz CT molecular complexity index is 1190. The molecule has 34 heavy (non-hydrogen) atoms. The lowest BCUT2D eigenvalue weighted by Crippen LogP contribution is -2.41. The number of nitrogens with one attached hydrogen (secondary N) is 3. The number of fused-ring (bicyclic) bond motifs is 3. The van der Waals surface area contributed by atoms with E-state index in [1.165, 1.54) is 6.20 Å². The number of methoxy groups -OCH3 is 1. The number of likely N-dealkylation sites (N-methyl/N-ethyl adjacent to an activating group) is 1. The Balaban J connectivity index is 1.43. The molecule has 2 heterocycles. The second-order valence-electron chi connectivity index (χ2n) is 8.80. The van der Waals surface area contributed by atoms with E-state index in [9.17, 15) is 9.59 Å². The molecule has 3 aliphatic rings. The van der Waals surface area contributed by atoms with Gasteiger partial charge < -0.3 is 31.3 Å². The van der Waals surface area contributed by atoms with E-state index >= 15 is 0 Å². The lowest BCUT2D eigenvalue weighted by atomic mass is 9.88. The van der Waals surface area contributed by atoms with Gasteiger partial charge in [-0.2, -0.15) is 4.98 Å². The molecule has 11 heteroatoms. The van der Waals surface area contributed by atoms with E-state index in [4.69, 9.17) is 22.1 Å². The minimum atomic E-state index is -0.333. The molecule has 1 aromatic heterocycles. The van der Waals surface area contributed by atoms with Crippen LogP contribution in [0.5, 0.6) is 5.75 Å². The second kappa shape index (κ2) is 8.77. The van der Waals surface area contributed by atoms with Gasteiger partial charge in [0.1, 0.15) is 10.8 Å². The van der Waals surface area contributed by atoms with Crippen LogP contribution in [0.2, 0.25) is 5.02 Å². The molecule has 10 nitrogen and oxygen atoms in total. The Morgan fingerprint density at radius 2 is 2.09 bits per heavy atom. The van der Waals surface area contributed by atoms with Crippen LogP contribution in [-0.4, -0.2) is 48.5 Å². The SMILES string of the molecule is COc1cc2c(cc1Nc1ncc(Cl)c(N[C@H]3[C@@H](C(N)=O)[C@@H]4C=C[C@H]3C4)n1)N(C)C(=O)CNC2. The Kier molecular flexibility index (Phi) is 5.78. The number of carbonyl (C=O) groups excluding carboxylic acids is 2. The summed E-state index contributed by atoms with van der Waals surface area (Å²) in [6, 6.07) is 3.55. The van der Waals surface area contributed by atoms with E-state index < -0.39 is 0 Å². The van der Waals surface area contributed by atoms with Crippen LogP contribution in [0.4, 0.5) is 23.1 Å². The van der Waals surface area contributed by atoms with Gasteiger partial charge in [0.2, 0.25) is 17.8 Å². The first kappa shape index (κ1) is 22.4. The molecule has 1 fully saturated rings. The van der Waals surface area contributed by atoms with E-state index in [1.807, 2.05) is 12.1 Å². The summed E-state index contributed by atoms with van der Waals surface area (Å²) in [5.74, 6) is 0.940. The van der Waals surface area contributed by atoms with E-state index in [1.54, 1.807) is 19.1 Å². The molecule has 0 unspecified atom stereocenters. The third kappa shape index (κ3) is 3.92. The maximum absolute atomic E-state index is 12.3. The predicted molar refractivity (Wildman–Crippen MR) is 129 cm³/mol. The fraction of sp³-hybridized carbons (Fsp3) is 0.391. The highest BCUT2D eigenvalue weighted by atomic mass is 35.5. The number of halogens is 1. The molecular formula is C23H26ClN7O3. The maximum atomic E-state index is 12.3. The number of nitrogens with two attached hydrogens (primary N) is 1. The Hall–Kier alpha value is -3.37. The number of rotatable bonds is 6. The highest BCUT2D eigenvalue weighted by molar-refractivity contribution is 6.32. The molecule has 5 rings (SSSR count). The van der Waals surface area contributed by atoms with Crippen LogP contribution in [0.1, 0.15) is 12.0 Å². The van der Waals surface area contributed by atoms with Crippen LogP contribution in [0.25, 0.3) is 0 Å². The van der Waals surface area contributed by atoms with Crippen LogP contribution in [0, 0.1) is 17.8 Å². The van der Waals surface area contributed by atoms with Gasteiger partial charge in [-0.05, 0) is 36.0 Å². The highest BCUT2D eigenvalue weighted by Crippen LogP contribution is 2.45. The minimum Gasteiger partial charge on any atom is -0.495 e. The van der Waals surface area contributed by atoms with Crippen molar-refractivity contribution in [2.75, 3.05) is 36.2 Å². The number of primary amides is 1. The van der Waals surface area contributed by atoms with Crippen molar-refractivity contribution >= 4 is 46.6 Å². The van der Waals surface area contributed by atoms with Crippen molar-refractivity contribution < 1.29 is 14.3 Å². The molecule has 1 aromatic carbocycles. The first-order valence-electron chi connectivity index (χ1n) is 11.1. The molecule has 2 bridgehead atoms. The molecule has 0 spiro atoms. The molecule has 178 valence electrons. The van der Waals surface area contributed by atoms with Crippen molar-refractivity contribution in [2.45, 2.75) is 19.0 Å². The molecule has 2 amide bonds. The maximum Gasteiger partial charge on any atom is 0.240 e. The number of nitrogens with zero attached hydrogens (tertiary/aromatic N) is 3. The van der Waals surface area contributed by atoms with Crippen molar-refractivity contribution in [3.8, 4) is 5.75 Å². The quantitative estimate of drug-likeness (QED) is 0.458. The smallest absolute Gasteiger partial charge is 0.240 e. The molecule has 0 saturated heterocycles. The average Bonchev–Trinajstić information content (AvgIpc) is 3.39. The largest absolute Gasteiger partial charge is 0.495 e. The molecule has 2 aliphatic carbocycles. The van der Waals surface area contributed by atoms with Crippen molar-refractivity contribution in [1.82, 2.24) is 15.3 Å². The number of anilines is 4. The number of aromatic nitrogens is 2. The Morgan fingerprint density at radius 3 is 2.85 bits per heavy atom. The fourth-order valence-corrected chi connectivity index (χ4v) is 5.25. The first-order chi connectivity index (χ1) is 16.4. The fourth-order valence-electron chi connectivity index (χ4n) is 5.10. The first-order valence-corrected chi connectivity index (χ1v) is 11.5. The topological polar surface area (TPSA) is 134 Å². The number of ether oxygens (including phenoxy) is 1. The van der Waals surface area contributed by atoms with Gasteiger partial charge in [-0.15, -0.1) is 0 Å². The van der Waals surface area contributed by atoms with Gasteiger partial charge in [0.15, 0.2) is 5.82 Å². The molecule has 2 aromatic rings. The van der Waals surface area contributed by atoms with Crippen LogP contribution < -0.4 is 31.3 Å². The Morgan fingerprint density at radius 1 is 1.29 bits per heavy atom. The Labute approximate surface area is 201 Å². The van der Waals surface area contributed by atoms with Gasteiger partial charge in [-0.3, -0.25) is 9.59 Å². The lowest BCUT2D eigenvalue weighted by molar-refractivity contribution is -0.122. The third-order valence-corrected chi connectivity index (χ3v) is 7.09. The number of allylic oxidation sites excluding steroid dienone is 1. The van der Waals surface area contributed by atoms with Crippen molar-refractivity contribution in [2.24, 2.45) is 23.5 Å². The van der Waals surface area contributed by atoms with Gasteiger partial charge in [0, 0.05) is 19.6 Å². The predicted octanol–water partition coefficient (Wildman–Crippen LogP) is 2.04. The normalized spacial score (nSPS) is 25.1. The van der Waals surface area contributed by atoms with Crippen LogP contribution in [0.15, 0.2) is 30.5 Å². The van der Waals surface area contributed by atoms with Gasteiger partial charge >= 0.3 is 0 Å². The summed E-state index contributed by atoms with van der Waals surface area (Å²) in [6.07, 6.45) is 6.56. The highest BCUT2D eigenvalue weighted by Gasteiger charge is 2.47. The van der Waals surface area contributed by atoms with Gasteiger partial charge in [0.05, 0.1) is 37.1 Å². The van der Waals surface area contributed by atoms with Gasteiger partial charge in [0.25, 0.3) is 0 Å². The van der Waals surface area contributed by atoms with Gasteiger partial charge in [-0.25, -0.2) is 4.98 Å². The summed E-state index contributed by atoms with van der Waals surface area (Å²) in [5, 5.41) is 9.97. The van der Waals surface area contributed by atoms with Crippen LogP contribution >= 0.6 is 11.6 Å². The molecule has 0 radical (unpaired) electrons. The summed E-state index contributed by atoms with van der Waals surface area (Å²) in [5.41, 5.74) is 8.00. The molecule has 5 N–H and O–H groups in total. The zero-order valence-corrected chi connectivity index (χ0v) is 19.6. The monoisotopic (exact) mass is 483 g/mol. The molecular weight excluding hydrogens is 458 g/mol. The molecule has 1 aliphatic heterocycles. The number of amides is 2. The standard InChI is InChI=1S/C23H26ClN7O3/c1-31-16-7-15(17(34-2)6-13(16)8-26-10-18(31)32)28-23-27-9-14(24)22(30-23)29-20-12-4-3-11(5-12)19(20)21(25)33/h3-4,6-7,9,11-12,19-20,26H,5,8,10H2,1-2H3,(H2,25,33)(H2,27,28,29,30)/t11-,12+,19+,20-/m1/s1. The van der Waals surface area contributed by atoms with Crippen LogP contribution in [0.3, 0.4) is 0 Å². The summed E-state index contributed by atoms with van der Waals surface area (Å²) in [6.45, 7) is 0.808.